The maximum Gasteiger partial charge on any atom is 0.272 e. The number of ether oxygens (including phenoxy) is 1. The molecule has 7 nitrogen and oxygen atoms in total. The molecule has 1 amide bonds. The largest absolute Gasteiger partial charge is 0.384 e. The third-order valence-corrected chi connectivity index (χ3v) is 4.15. The van der Waals surface area contributed by atoms with Crippen LogP contribution in [-0.4, -0.2) is 44.2 Å². The molecule has 2 N–H and O–H groups in total. The van der Waals surface area contributed by atoms with Crippen molar-refractivity contribution in [3.63, 3.8) is 0 Å². The summed E-state index contributed by atoms with van der Waals surface area (Å²) in [6.45, 7) is 2.56. The highest BCUT2D eigenvalue weighted by atomic mass is 35.5. The first-order chi connectivity index (χ1) is 11.0. The predicted octanol–water partition coefficient (Wildman–Crippen LogP) is 1.90. The smallest absolute Gasteiger partial charge is 0.272 e. The van der Waals surface area contributed by atoms with Crippen LogP contribution in [0.15, 0.2) is 18.2 Å². The maximum atomic E-state index is 13.9. The fourth-order valence-electron chi connectivity index (χ4n) is 2.80. The Labute approximate surface area is 145 Å². The second kappa shape index (κ2) is 8.91. The number of amides is 1. The number of hydrogen-bond acceptors (Lipinski definition) is 5. The van der Waals surface area contributed by atoms with Gasteiger partial charge in [0.25, 0.3) is 11.6 Å². The van der Waals surface area contributed by atoms with E-state index in [4.69, 9.17) is 4.74 Å². The van der Waals surface area contributed by atoms with E-state index in [-0.39, 0.29) is 29.1 Å². The lowest BCUT2D eigenvalue weighted by atomic mass is 9.79. The van der Waals surface area contributed by atoms with Crippen molar-refractivity contribution in [1.29, 1.82) is 0 Å². The van der Waals surface area contributed by atoms with Crippen LogP contribution < -0.4 is 10.6 Å². The van der Waals surface area contributed by atoms with Gasteiger partial charge in [-0.2, -0.15) is 0 Å². The van der Waals surface area contributed by atoms with Gasteiger partial charge in [0.1, 0.15) is 5.82 Å². The number of nitrogens with zero attached hydrogens (tertiary/aromatic N) is 1. The van der Waals surface area contributed by atoms with Gasteiger partial charge in [-0.15, -0.1) is 12.4 Å². The number of non-ortho nitro benzene ring substituents is 1. The summed E-state index contributed by atoms with van der Waals surface area (Å²) >= 11 is 0. The Morgan fingerprint density at radius 3 is 2.67 bits per heavy atom. The Balaban J connectivity index is 0.00000288. The van der Waals surface area contributed by atoms with Crippen LogP contribution in [0.2, 0.25) is 0 Å². The number of rotatable bonds is 6. The first-order valence-corrected chi connectivity index (χ1v) is 7.39. The summed E-state index contributed by atoms with van der Waals surface area (Å²) < 4.78 is 19.1. The first-order valence-electron chi connectivity index (χ1n) is 7.39. The van der Waals surface area contributed by atoms with Gasteiger partial charge in [-0.25, -0.2) is 4.39 Å². The van der Waals surface area contributed by atoms with Crippen LogP contribution in [-0.2, 0) is 4.74 Å². The average Bonchev–Trinajstić information content (AvgIpc) is 2.53. The standard InChI is InChI=1S/C15H20FN3O4.ClH/c1-23-10-15(4-6-17-7-5-15)9-18-14(20)12-3-2-11(19(21)22)8-13(12)16;/h2-3,8,17H,4-7,9-10H2,1H3,(H,18,20);1H. The van der Waals surface area contributed by atoms with Gasteiger partial charge >= 0.3 is 0 Å². The molecule has 0 radical (unpaired) electrons. The van der Waals surface area contributed by atoms with Crippen molar-refractivity contribution in [1.82, 2.24) is 10.6 Å². The zero-order valence-electron chi connectivity index (χ0n) is 13.3. The van der Waals surface area contributed by atoms with Crippen molar-refractivity contribution in [2.75, 3.05) is 33.4 Å². The van der Waals surface area contributed by atoms with Crippen molar-refractivity contribution in [2.45, 2.75) is 12.8 Å². The van der Waals surface area contributed by atoms with E-state index in [9.17, 15) is 19.3 Å². The Hall–Kier alpha value is -1.77. The minimum atomic E-state index is -0.900. The minimum absolute atomic E-state index is 0. The van der Waals surface area contributed by atoms with Gasteiger partial charge in [0.2, 0.25) is 0 Å². The Morgan fingerprint density at radius 1 is 1.46 bits per heavy atom. The van der Waals surface area contributed by atoms with Gasteiger partial charge in [-0.1, -0.05) is 0 Å². The molecule has 0 aromatic heterocycles. The molecule has 0 saturated carbocycles. The predicted molar refractivity (Wildman–Crippen MR) is 89.0 cm³/mol. The fourth-order valence-corrected chi connectivity index (χ4v) is 2.80. The molecule has 1 aromatic rings. The van der Waals surface area contributed by atoms with Crippen LogP contribution in [0.3, 0.4) is 0 Å². The molecule has 1 aromatic carbocycles. The van der Waals surface area contributed by atoms with Crippen LogP contribution in [0.1, 0.15) is 23.2 Å². The highest BCUT2D eigenvalue weighted by Gasteiger charge is 2.32. The van der Waals surface area contributed by atoms with Crippen LogP contribution in [0.5, 0.6) is 0 Å². The second-order valence-corrected chi connectivity index (χ2v) is 5.79. The lowest BCUT2D eigenvalue weighted by Gasteiger charge is -2.37. The minimum Gasteiger partial charge on any atom is -0.384 e. The summed E-state index contributed by atoms with van der Waals surface area (Å²) in [6, 6.07) is 3.01. The molecule has 1 aliphatic heterocycles. The Kier molecular flexibility index (Phi) is 7.53. The zero-order chi connectivity index (χ0) is 16.9. The molecule has 134 valence electrons. The van der Waals surface area contributed by atoms with Crippen molar-refractivity contribution in [3.8, 4) is 0 Å². The number of carbonyl (C=O) groups excluding carboxylic acids is 1. The maximum absolute atomic E-state index is 13.9. The molecule has 1 saturated heterocycles. The fraction of sp³-hybridized carbons (Fsp3) is 0.533. The number of methoxy groups -OCH3 is 1. The van der Waals surface area contributed by atoms with Gasteiger partial charge in [0.05, 0.1) is 23.2 Å². The number of nitro benzene ring substituents is 1. The third-order valence-electron chi connectivity index (χ3n) is 4.15. The summed E-state index contributed by atoms with van der Waals surface area (Å²) in [7, 11) is 1.61. The zero-order valence-corrected chi connectivity index (χ0v) is 14.2. The molecule has 0 atom stereocenters. The number of benzene rings is 1. The van der Waals surface area contributed by atoms with Gasteiger partial charge in [-0.05, 0) is 32.0 Å². The average molecular weight is 362 g/mol. The van der Waals surface area contributed by atoms with E-state index in [0.29, 0.717) is 13.2 Å². The van der Waals surface area contributed by atoms with Crippen molar-refractivity contribution in [3.05, 3.63) is 39.7 Å². The summed E-state index contributed by atoms with van der Waals surface area (Å²) in [4.78, 5) is 22.1. The Bertz CT molecular complexity index is 589. The molecular weight excluding hydrogens is 341 g/mol. The topological polar surface area (TPSA) is 93.5 Å². The van der Waals surface area contributed by atoms with Crippen LogP contribution in [0.4, 0.5) is 10.1 Å². The van der Waals surface area contributed by atoms with Gasteiger partial charge in [-0.3, -0.25) is 14.9 Å². The molecule has 0 bridgehead atoms. The van der Waals surface area contributed by atoms with E-state index in [2.05, 4.69) is 10.6 Å². The van der Waals surface area contributed by atoms with Crippen molar-refractivity contribution in [2.24, 2.45) is 5.41 Å². The molecule has 1 fully saturated rings. The van der Waals surface area contributed by atoms with E-state index in [1.165, 1.54) is 0 Å². The summed E-state index contributed by atoms with van der Waals surface area (Å²) in [5.74, 6) is -1.48. The van der Waals surface area contributed by atoms with E-state index < -0.39 is 16.6 Å². The number of nitrogens with one attached hydrogen (secondary N) is 2. The highest BCUT2D eigenvalue weighted by Crippen LogP contribution is 2.28. The molecule has 1 heterocycles. The summed E-state index contributed by atoms with van der Waals surface area (Å²) in [5.41, 5.74) is -0.752. The molecule has 1 aliphatic rings. The summed E-state index contributed by atoms with van der Waals surface area (Å²) in [5, 5.41) is 16.6. The number of hydrogen-bond donors (Lipinski definition) is 2. The molecule has 9 heteroatoms. The third kappa shape index (κ3) is 4.86. The monoisotopic (exact) mass is 361 g/mol. The van der Waals surface area contributed by atoms with Gasteiger partial charge < -0.3 is 15.4 Å². The number of carbonyl (C=O) groups is 1. The normalized spacial score (nSPS) is 16.1. The molecule has 0 spiro atoms. The molecule has 0 unspecified atom stereocenters. The lowest BCUT2D eigenvalue weighted by molar-refractivity contribution is -0.385. The van der Waals surface area contributed by atoms with E-state index >= 15 is 0 Å². The number of piperidine rings is 1. The SMILES string of the molecule is COCC1(CNC(=O)c2ccc([N+](=O)[O-])cc2F)CCNCC1.Cl. The van der Waals surface area contributed by atoms with E-state index in [1.54, 1.807) is 7.11 Å². The van der Waals surface area contributed by atoms with Crippen LogP contribution in [0.25, 0.3) is 0 Å². The second-order valence-electron chi connectivity index (χ2n) is 5.79. The van der Waals surface area contributed by atoms with Crippen LogP contribution >= 0.6 is 12.4 Å². The quantitative estimate of drug-likeness (QED) is 0.596. The highest BCUT2D eigenvalue weighted by molar-refractivity contribution is 5.94. The molecule has 24 heavy (non-hydrogen) atoms. The van der Waals surface area contributed by atoms with E-state index in [1.807, 2.05) is 0 Å². The molecular formula is C15H21ClFN3O4. The van der Waals surface area contributed by atoms with Crippen molar-refractivity contribution >= 4 is 24.0 Å². The number of nitro groups is 1. The van der Waals surface area contributed by atoms with Crippen LogP contribution in [0, 0.1) is 21.3 Å². The lowest BCUT2D eigenvalue weighted by Crippen LogP contribution is -2.47. The Morgan fingerprint density at radius 2 is 2.12 bits per heavy atom. The van der Waals surface area contributed by atoms with Gasteiger partial charge in [0.15, 0.2) is 0 Å². The van der Waals surface area contributed by atoms with Crippen molar-refractivity contribution < 1.29 is 18.8 Å². The van der Waals surface area contributed by atoms with E-state index in [0.717, 1.165) is 44.1 Å². The first kappa shape index (κ1) is 20.3. The number of halogens is 2. The molecule has 2 rings (SSSR count). The van der Waals surface area contributed by atoms with Gasteiger partial charge in [0, 0.05) is 25.1 Å². The molecule has 0 aliphatic carbocycles. The summed E-state index contributed by atoms with van der Waals surface area (Å²) in [6.07, 6.45) is 1.70.